The Labute approximate surface area is 188 Å². The maximum absolute atomic E-state index is 12.2. The van der Waals surface area contributed by atoms with Crippen LogP contribution >= 0.6 is 24.0 Å². The minimum absolute atomic E-state index is 0. The summed E-state index contributed by atoms with van der Waals surface area (Å²) in [5.74, 6) is 3.07. The van der Waals surface area contributed by atoms with Crippen molar-refractivity contribution in [1.29, 1.82) is 0 Å². The van der Waals surface area contributed by atoms with Crippen molar-refractivity contribution in [3.63, 3.8) is 0 Å². The molecule has 1 saturated carbocycles. The number of benzene rings is 1. The molecule has 3 atom stereocenters. The van der Waals surface area contributed by atoms with Gasteiger partial charge in [0.1, 0.15) is 11.5 Å². The number of aliphatic imine (C=N–C) groups is 1. The number of rotatable bonds is 8. The summed E-state index contributed by atoms with van der Waals surface area (Å²) in [5, 5.41) is 7.15. The third kappa shape index (κ3) is 7.42. The van der Waals surface area contributed by atoms with E-state index in [0.717, 1.165) is 61.0 Å². The number of methoxy groups -OCH3 is 2. The number of ether oxygens (including phenoxy) is 2. The lowest BCUT2D eigenvalue weighted by Gasteiger charge is -2.30. The molecular formula is C20H34IN3O3S. The van der Waals surface area contributed by atoms with E-state index >= 15 is 0 Å². The van der Waals surface area contributed by atoms with Gasteiger partial charge in [-0.05, 0) is 38.3 Å². The second kappa shape index (κ2) is 13.2. The van der Waals surface area contributed by atoms with E-state index in [-0.39, 0.29) is 24.0 Å². The molecule has 0 radical (unpaired) electrons. The van der Waals surface area contributed by atoms with Crippen LogP contribution in [0.1, 0.15) is 45.1 Å². The van der Waals surface area contributed by atoms with Crippen molar-refractivity contribution >= 4 is 40.7 Å². The first-order valence-electron chi connectivity index (χ1n) is 9.74. The fraction of sp³-hybridized carbons (Fsp3) is 0.650. The van der Waals surface area contributed by atoms with Crippen molar-refractivity contribution in [3.8, 4) is 11.5 Å². The Kier molecular flexibility index (Phi) is 11.8. The highest BCUT2D eigenvalue weighted by molar-refractivity contribution is 14.0. The molecule has 3 unspecified atom stereocenters. The topological polar surface area (TPSA) is 72.0 Å². The van der Waals surface area contributed by atoms with Crippen LogP contribution in [0, 0.1) is 0 Å². The summed E-state index contributed by atoms with van der Waals surface area (Å²) in [6.45, 7) is 5.37. The number of nitrogens with zero attached hydrogens (tertiary/aromatic N) is 1. The summed E-state index contributed by atoms with van der Waals surface area (Å²) in [6.07, 6.45) is 4.21. The zero-order valence-electron chi connectivity index (χ0n) is 17.3. The summed E-state index contributed by atoms with van der Waals surface area (Å²) in [4.78, 5) is 4.73. The predicted molar refractivity (Wildman–Crippen MR) is 128 cm³/mol. The zero-order valence-corrected chi connectivity index (χ0v) is 20.5. The first-order chi connectivity index (χ1) is 13.1. The normalized spacial score (nSPS) is 20.6. The monoisotopic (exact) mass is 523 g/mol. The van der Waals surface area contributed by atoms with Gasteiger partial charge in [-0.15, -0.1) is 24.0 Å². The third-order valence-corrected chi connectivity index (χ3v) is 6.61. The molecule has 2 rings (SSSR count). The molecule has 1 aliphatic rings. The molecule has 0 amide bonds. The molecular weight excluding hydrogens is 489 g/mol. The standard InChI is InChI=1S/C20H33N3O3S.HI/c1-5-21-20(23-16-8-7-9-18(12-16)27(24)6-2)22-14-15-10-11-17(25-3)13-19(15)26-4;/h10-11,13,16,18H,5-9,12,14H2,1-4H3,(H2,21,22,23);1H. The van der Waals surface area contributed by atoms with Gasteiger partial charge < -0.3 is 20.1 Å². The van der Waals surface area contributed by atoms with E-state index in [1.807, 2.05) is 25.1 Å². The summed E-state index contributed by atoms with van der Waals surface area (Å²) in [6, 6.07) is 6.08. The SMILES string of the molecule is CCNC(=NCc1ccc(OC)cc1OC)NC1CCCC(S(=O)CC)C1.I. The molecule has 0 heterocycles. The minimum Gasteiger partial charge on any atom is -0.497 e. The largest absolute Gasteiger partial charge is 0.497 e. The second-order valence-electron chi connectivity index (χ2n) is 6.67. The Morgan fingerprint density at radius 2 is 2.04 bits per heavy atom. The average molecular weight is 523 g/mol. The Hall–Kier alpha value is -1.03. The number of guanidine groups is 1. The molecule has 8 heteroatoms. The smallest absolute Gasteiger partial charge is 0.191 e. The van der Waals surface area contributed by atoms with Crippen LogP contribution in [0.4, 0.5) is 0 Å². The van der Waals surface area contributed by atoms with E-state index in [1.165, 1.54) is 0 Å². The van der Waals surface area contributed by atoms with Crippen LogP contribution in [0.15, 0.2) is 23.2 Å². The Morgan fingerprint density at radius 3 is 2.68 bits per heavy atom. The maximum atomic E-state index is 12.2. The van der Waals surface area contributed by atoms with Gasteiger partial charge in [-0.25, -0.2) is 4.99 Å². The van der Waals surface area contributed by atoms with E-state index < -0.39 is 10.8 Å². The average Bonchev–Trinajstić information content (AvgIpc) is 2.71. The third-order valence-electron chi connectivity index (χ3n) is 4.87. The summed E-state index contributed by atoms with van der Waals surface area (Å²) in [7, 11) is 2.57. The predicted octanol–water partition coefficient (Wildman–Crippen LogP) is 3.46. The second-order valence-corrected chi connectivity index (χ2v) is 8.68. The first kappa shape index (κ1) is 25.0. The fourth-order valence-electron chi connectivity index (χ4n) is 3.41. The molecule has 6 nitrogen and oxygen atoms in total. The van der Waals surface area contributed by atoms with Crippen LogP contribution in [0.25, 0.3) is 0 Å². The quantitative estimate of drug-likeness (QED) is 0.310. The molecule has 1 aliphatic carbocycles. The van der Waals surface area contributed by atoms with Gasteiger partial charge >= 0.3 is 0 Å². The van der Waals surface area contributed by atoms with Crippen molar-refractivity contribution in [3.05, 3.63) is 23.8 Å². The van der Waals surface area contributed by atoms with Crippen molar-refractivity contribution in [2.24, 2.45) is 4.99 Å². The Balaban J connectivity index is 0.00000392. The number of nitrogens with one attached hydrogen (secondary N) is 2. The number of hydrogen-bond donors (Lipinski definition) is 2. The molecule has 1 aromatic carbocycles. The first-order valence-corrected chi connectivity index (χ1v) is 11.1. The molecule has 0 bridgehead atoms. The molecule has 0 aliphatic heterocycles. The highest BCUT2D eigenvalue weighted by atomic mass is 127. The van der Waals surface area contributed by atoms with Crippen LogP contribution in [0.5, 0.6) is 11.5 Å². The van der Waals surface area contributed by atoms with Gasteiger partial charge in [-0.1, -0.05) is 13.3 Å². The lowest BCUT2D eigenvalue weighted by Crippen LogP contribution is -2.46. The molecule has 1 fully saturated rings. The lowest BCUT2D eigenvalue weighted by molar-refractivity contribution is 0.391. The van der Waals surface area contributed by atoms with Gasteiger partial charge in [0.2, 0.25) is 0 Å². The van der Waals surface area contributed by atoms with Crippen molar-refractivity contribution in [1.82, 2.24) is 10.6 Å². The molecule has 2 N–H and O–H groups in total. The summed E-state index contributed by atoms with van der Waals surface area (Å²) < 4.78 is 22.9. The van der Waals surface area contributed by atoms with Crippen LogP contribution in [0.3, 0.4) is 0 Å². The van der Waals surface area contributed by atoms with Crippen LogP contribution in [0.2, 0.25) is 0 Å². The molecule has 28 heavy (non-hydrogen) atoms. The molecule has 0 spiro atoms. The zero-order chi connectivity index (χ0) is 19.6. The molecule has 0 saturated heterocycles. The van der Waals surface area contributed by atoms with Gasteiger partial charge in [0.25, 0.3) is 0 Å². The van der Waals surface area contributed by atoms with Crippen molar-refractivity contribution < 1.29 is 13.7 Å². The van der Waals surface area contributed by atoms with Crippen LogP contribution < -0.4 is 20.1 Å². The Bertz CT molecular complexity index is 658. The van der Waals surface area contributed by atoms with Crippen LogP contribution in [-0.2, 0) is 17.3 Å². The number of hydrogen-bond acceptors (Lipinski definition) is 4. The van der Waals surface area contributed by atoms with Gasteiger partial charge in [0.15, 0.2) is 5.96 Å². The van der Waals surface area contributed by atoms with Gasteiger partial charge in [-0.2, -0.15) is 0 Å². The lowest BCUT2D eigenvalue weighted by atomic mass is 9.95. The molecule has 0 aromatic heterocycles. The van der Waals surface area contributed by atoms with Gasteiger partial charge in [0.05, 0.1) is 20.8 Å². The fourth-order valence-corrected chi connectivity index (χ4v) is 4.76. The molecule has 1 aromatic rings. The summed E-state index contributed by atoms with van der Waals surface area (Å²) in [5.41, 5.74) is 1.00. The van der Waals surface area contributed by atoms with E-state index in [1.54, 1.807) is 14.2 Å². The van der Waals surface area contributed by atoms with E-state index in [2.05, 4.69) is 17.6 Å². The van der Waals surface area contributed by atoms with Gasteiger partial charge in [-0.3, -0.25) is 4.21 Å². The summed E-state index contributed by atoms with van der Waals surface area (Å²) >= 11 is 0. The van der Waals surface area contributed by atoms with E-state index in [4.69, 9.17) is 14.5 Å². The highest BCUT2D eigenvalue weighted by Crippen LogP contribution is 2.25. The van der Waals surface area contributed by atoms with E-state index in [9.17, 15) is 4.21 Å². The molecule has 160 valence electrons. The van der Waals surface area contributed by atoms with E-state index in [0.29, 0.717) is 17.8 Å². The van der Waals surface area contributed by atoms with Crippen molar-refractivity contribution in [2.45, 2.75) is 57.4 Å². The van der Waals surface area contributed by atoms with Gasteiger partial charge in [0, 0.05) is 46.0 Å². The minimum atomic E-state index is -0.722. The number of halogens is 1. The maximum Gasteiger partial charge on any atom is 0.191 e. The van der Waals surface area contributed by atoms with Crippen LogP contribution in [-0.4, -0.2) is 48.0 Å². The Morgan fingerprint density at radius 1 is 1.25 bits per heavy atom. The van der Waals surface area contributed by atoms with Crippen molar-refractivity contribution in [2.75, 3.05) is 26.5 Å². The highest BCUT2D eigenvalue weighted by Gasteiger charge is 2.26.